The van der Waals surface area contributed by atoms with Crippen LogP contribution >= 0.6 is 0 Å². The summed E-state index contributed by atoms with van der Waals surface area (Å²) in [5.74, 6) is 0. The Kier molecular flexibility index (Phi) is 6.17. The molecule has 12 rings (SSSR count). The van der Waals surface area contributed by atoms with Crippen LogP contribution in [0.2, 0.25) is 0 Å². The van der Waals surface area contributed by atoms with Crippen molar-refractivity contribution in [1.29, 1.82) is 0 Å². The minimum atomic E-state index is -0.161. The zero-order valence-corrected chi connectivity index (χ0v) is 30.6. The highest BCUT2D eigenvalue weighted by molar-refractivity contribution is 6.24. The lowest BCUT2D eigenvalue weighted by atomic mass is 9.82. The van der Waals surface area contributed by atoms with Gasteiger partial charge in [-0.3, -0.25) is 0 Å². The fourth-order valence-electron chi connectivity index (χ4n) is 9.71. The minimum absolute atomic E-state index is 0.161. The standard InChI is InChI=1S/C52H35NO2/c1-52(2)44-19-8-5-14-38(44)39-27-26-34(29-45(39)52)53(33-24-22-31(23-25-33)35-17-11-18-37-36-13-4-3-12-32(36)28-42(35)37)50-49-41-16-7-10-21-47(41)54-48(49)30-43-40-15-6-9-20-46(40)55-51(43)50/h3-27,29-30H,28H2,1-2H3. The van der Waals surface area contributed by atoms with Crippen LogP contribution in [0.25, 0.3) is 77.3 Å². The van der Waals surface area contributed by atoms with Gasteiger partial charge in [-0.2, -0.15) is 0 Å². The van der Waals surface area contributed by atoms with E-state index in [1.807, 2.05) is 12.1 Å². The van der Waals surface area contributed by atoms with E-state index in [9.17, 15) is 0 Å². The van der Waals surface area contributed by atoms with Crippen LogP contribution in [0.3, 0.4) is 0 Å². The Morgan fingerprint density at radius 1 is 0.473 bits per heavy atom. The second kappa shape index (κ2) is 11.1. The molecule has 2 aliphatic rings. The first-order valence-electron chi connectivity index (χ1n) is 19.1. The minimum Gasteiger partial charge on any atom is -0.456 e. The molecule has 0 saturated carbocycles. The summed E-state index contributed by atoms with van der Waals surface area (Å²) in [4.78, 5) is 2.41. The Morgan fingerprint density at radius 2 is 1.13 bits per heavy atom. The quantitative estimate of drug-likeness (QED) is 0.183. The second-order valence-corrected chi connectivity index (χ2v) is 15.6. The summed E-state index contributed by atoms with van der Waals surface area (Å²) in [6.45, 7) is 4.69. The number of hydrogen-bond donors (Lipinski definition) is 0. The molecule has 8 aromatic carbocycles. The van der Waals surface area contributed by atoms with Crippen LogP contribution in [0.1, 0.15) is 36.1 Å². The van der Waals surface area contributed by atoms with Gasteiger partial charge in [0.2, 0.25) is 0 Å². The van der Waals surface area contributed by atoms with E-state index in [0.717, 1.165) is 67.4 Å². The molecule has 2 heterocycles. The molecular weight excluding hydrogens is 671 g/mol. The lowest BCUT2D eigenvalue weighted by Crippen LogP contribution is -2.16. The average molecular weight is 706 g/mol. The van der Waals surface area contributed by atoms with Gasteiger partial charge in [0, 0.05) is 32.9 Å². The molecule has 0 bridgehead atoms. The smallest absolute Gasteiger partial charge is 0.160 e. The van der Waals surface area contributed by atoms with Gasteiger partial charge in [-0.05, 0) is 105 Å². The van der Waals surface area contributed by atoms with E-state index in [4.69, 9.17) is 8.83 Å². The maximum Gasteiger partial charge on any atom is 0.160 e. The Balaban J connectivity index is 1.12. The van der Waals surface area contributed by atoms with E-state index in [-0.39, 0.29) is 5.41 Å². The molecule has 0 N–H and O–H groups in total. The predicted octanol–water partition coefficient (Wildman–Crippen LogP) is 14.5. The largest absolute Gasteiger partial charge is 0.456 e. The summed E-state index contributed by atoms with van der Waals surface area (Å²) >= 11 is 0. The Hall–Kier alpha value is -6.84. The molecule has 0 spiro atoms. The number of nitrogens with zero attached hydrogens (tertiary/aromatic N) is 1. The third-order valence-electron chi connectivity index (χ3n) is 12.3. The van der Waals surface area contributed by atoms with Crippen molar-refractivity contribution in [2.45, 2.75) is 25.7 Å². The molecule has 2 aliphatic carbocycles. The molecule has 0 fully saturated rings. The first-order valence-corrected chi connectivity index (χ1v) is 19.1. The Labute approximate surface area is 318 Å². The molecule has 55 heavy (non-hydrogen) atoms. The van der Waals surface area contributed by atoms with Crippen LogP contribution < -0.4 is 4.90 Å². The third-order valence-corrected chi connectivity index (χ3v) is 12.3. The molecule has 3 heteroatoms. The van der Waals surface area contributed by atoms with Gasteiger partial charge in [-0.1, -0.05) is 135 Å². The third kappa shape index (κ3) is 4.27. The first kappa shape index (κ1) is 30.6. The van der Waals surface area contributed by atoms with Gasteiger partial charge in [-0.15, -0.1) is 0 Å². The van der Waals surface area contributed by atoms with Crippen LogP contribution in [0, 0.1) is 0 Å². The monoisotopic (exact) mass is 705 g/mol. The fraction of sp³-hybridized carbons (Fsp3) is 0.0769. The van der Waals surface area contributed by atoms with Crippen molar-refractivity contribution < 1.29 is 8.83 Å². The second-order valence-electron chi connectivity index (χ2n) is 15.6. The maximum atomic E-state index is 6.91. The van der Waals surface area contributed by atoms with E-state index in [1.54, 1.807) is 0 Å². The number of hydrogen-bond acceptors (Lipinski definition) is 3. The summed E-state index contributed by atoms with van der Waals surface area (Å²) in [6, 6.07) is 59.4. The summed E-state index contributed by atoms with van der Waals surface area (Å²) in [6.07, 6.45) is 0.947. The van der Waals surface area contributed by atoms with Gasteiger partial charge in [-0.25, -0.2) is 0 Å². The molecule has 10 aromatic rings. The number of rotatable bonds is 4. The van der Waals surface area contributed by atoms with Gasteiger partial charge in [0.15, 0.2) is 5.58 Å². The molecule has 0 amide bonds. The molecule has 0 aliphatic heterocycles. The van der Waals surface area contributed by atoms with E-state index in [2.05, 4.69) is 170 Å². The van der Waals surface area contributed by atoms with E-state index < -0.39 is 0 Å². The van der Waals surface area contributed by atoms with Gasteiger partial charge < -0.3 is 13.7 Å². The highest BCUT2D eigenvalue weighted by Gasteiger charge is 2.36. The van der Waals surface area contributed by atoms with Crippen molar-refractivity contribution in [2.75, 3.05) is 4.90 Å². The molecule has 3 nitrogen and oxygen atoms in total. The van der Waals surface area contributed by atoms with Crippen molar-refractivity contribution in [3.8, 4) is 33.4 Å². The summed E-state index contributed by atoms with van der Waals surface area (Å²) in [7, 11) is 0. The van der Waals surface area contributed by atoms with Crippen molar-refractivity contribution in [3.63, 3.8) is 0 Å². The molecule has 0 radical (unpaired) electrons. The van der Waals surface area contributed by atoms with Gasteiger partial charge in [0.1, 0.15) is 22.4 Å². The van der Waals surface area contributed by atoms with E-state index >= 15 is 0 Å². The van der Waals surface area contributed by atoms with Gasteiger partial charge >= 0.3 is 0 Å². The van der Waals surface area contributed by atoms with Crippen LogP contribution in [0.5, 0.6) is 0 Å². The van der Waals surface area contributed by atoms with Crippen LogP contribution in [-0.2, 0) is 11.8 Å². The van der Waals surface area contributed by atoms with Crippen molar-refractivity contribution >= 4 is 60.9 Å². The predicted molar refractivity (Wildman–Crippen MR) is 227 cm³/mol. The molecule has 0 saturated heterocycles. The van der Waals surface area contributed by atoms with Crippen LogP contribution in [0.4, 0.5) is 17.1 Å². The molecule has 0 unspecified atom stereocenters. The molecule has 260 valence electrons. The average Bonchev–Trinajstić information content (AvgIpc) is 3.96. The van der Waals surface area contributed by atoms with Crippen LogP contribution in [0.15, 0.2) is 173 Å². The zero-order valence-electron chi connectivity index (χ0n) is 30.6. The molecular formula is C52H35NO2. The highest BCUT2D eigenvalue weighted by Crippen LogP contribution is 2.53. The first-order chi connectivity index (χ1) is 27.0. The molecule has 0 atom stereocenters. The van der Waals surface area contributed by atoms with Crippen molar-refractivity contribution in [1.82, 2.24) is 0 Å². The van der Waals surface area contributed by atoms with Gasteiger partial charge in [0.05, 0.1) is 5.39 Å². The lowest BCUT2D eigenvalue weighted by Gasteiger charge is -2.29. The Morgan fingerprint density at radius 3 is 1.98 bits per heavy atom. The van der Waals surface area contributed by atoms with Crippen molar-refractivity contribution in [3.05, 3.63) is 186 Å². The van der Waals surface area contributed by atoms with E-state index in [1.165, 1.54) is 55.6 Å². The number of fused-ring (bicyclic) bond motifs is 12. The normalized spacial score (nSPS) is 13.7. The number of anilines is 3. The summed E-state index contributed by atoms with van der Waals surface area (Å²) in [5.41, 5.74) is 19.6. The van der Waals surface area contributed by atoms with E-state index in [0.29, 0.717) is 0 Å². The fourth-order valence-corrected chi connectivity index (χ4v) is 9.71. The molecule has 2 aromatic heterocycles. The number of benzene rings is 8. The highest BCUT2D eigenvalue weighted by atomic mass is 16.3. The number of para-hydroxylation sites is 2. The Bertz CT molecular complexity index is 3210. The summed E-state index contributed by atoms with van der Waals surface area (Å²) in [5, 5.41) is 4.20. The topological polar surface area (TPSA) is 29.5 Å². The summed E-state index contributed by atoms with van der Waals surface area (Å²) < 4.78 is 13.6. The van der Waals surface area contributed by atoms with Crippen LogP contribution in [-0.4, -0.2) is 0 Å². The maximum absolute atomic E-state index is 6.91. The zero-order chi connectivity index (χ0) is 36.4. The lowest BCUT2D eigenvalue weighted by molar-refractivity contribution is 0.660. The number of furan rings is 2. The van der Waals surface area contributed by atoms with Gasteiger partial charge in [0.25, 0.3) is 0 Å². The SMILES string of the molecule is CC1(C)c2ccccc2-c2ccc(N(c3ccc(-c4cccc5c4Cc4ccccc4-5)cc3)c3c4oc5ccccc5c4cc4oc5ccccc5c34)cc21. The van der Waals surface area contributed by atoms with Crippen molar-refractivity contribution in [2.24, 2.45) is 0 Å².